The summed E-state index contributed by atoms with van der Waals surface area (Å²) in [4.78, 5) is 12.3. The predicted octanol–water partition coefficient (Wildman–Crippen LogP) is 4.73. The van der Waals surface area contributed by atoms with Crippen LogP contribution in [0.25, 0.3) is 11.1 Å². The first-order valence-electron chi connectivity index (χ1n) is 7.04. The molecule has 0 unspecified atom stereocenters. The lowest BCUT2D eigenvalue weighted by molar-refractivity contribution is 0.0923. The summed E-state index contributed by atoms with van der Waals surface area (Å²) in [6.07, 6.45) is 4.55. The highest BCUT2D eigenvalue weighted by Gasteiger charge is 2.23. The fourth-order valence-corrected chi connectivity index (χ4v) is 2.88. The van der Waals surface area contributed by atoms with Crippen LogP contribution < -0.4 is 0 Å². The third-order valence-corrected chi connectivity index (χ3v) is 4.00. The maximum atomic E-state index is 12.3. The van der Waals surface area contributed by atoms with Gasteiger partial charge < -0.3 is 0 Å². The van der Waals surface area contributed by atoms with Crippen LogP contribution in [-0.4, -0.2) is 5.78 Å². The average molecular weight is 250 g/mol. The monoisotopic (exact) mass is 250 g/mol. The smallest absolute Gasteiger partial charge is 0.165 e. The van der Waals surface area contributed by atoms with E-state index in [0.717, 1.165) is 18.4 Å². The summed E-state index contributed by atoms with van der Waals surface area (Å²) in [7, 11) is 0. The first-order valence-corrected chi connectivity index (χ1v) is 7.04. The number of hydrogen-bond acceptors (Lipinski definition) is 1. The van der Waals surface area contributed by atoms with Gasteiger partial charge in [-0.3, -0.25) is 4.79 Å². The molecule has 0 saturated heterocycles. The quantitative estimate of drug-likeness (QED) is 0.720. The molecule has 0 N–H and O–H groups in total. The molecule has 0 atom stereocenters. The summed E-state index contributed by atoms with van der Waals surface area (Å²) in [5.41, 5.74) is 3.23. The molecule has 0 bridgehead atoms. The van der Waals surface area contributed by atoms with E-state index in [1.807, 2.05) is 30.3 Å². The molecule has 19 heavy (non-hydrogen) atoms. The molecule has 0 aromatic heterocycles. The summed E-state index contributed by atoms with van der Waals surface area (Å²) in [5.74, 6) is 0.597. The van der Waals surface area contributed by atoms with Gasteiger partial charge in [0.15, 0.2) is 5.78 Å². The van der Waals surface area contributed by atoms with Gasteiger partial charge in [0.05, 0.1) is 0 Å². The molecule has 1 aliphatic carbocycles. The molecule has 0 heterocycles. The Hall–Kier alpha value is -1.89. The first kappa shape index (κ1) is 12.2. The van der Waals surface area contributed by atoms with Crippen LogP contribution in [0.1, 0.15) is 36.0 Å². The van der Waals surface area contributed by atoms with Crippen LogP contribution in [-0.2, 0) is 0 Å². The second-order valence-electron chi connectivity index (χ2n) is 5.29. The Kier molecular flexibility index (Phi) is 3.45. The number of hydrogen-bond donors (Lipinski definition) is 0. The maximum Gasteiger partial charge on any atom is 0.165 e. The van der Waals surface area contributed by atoms with Gasteiger partial charge in [0, 0.05) is 11.5 Å². The Morgan fingerprint density at radius 3 is 2.00 bits per heavy atom. The molecule has 1 nitrogen and oxygen atoms in total. The summed E-state index contributed by atoms with van der Waals surface area (Å²) < 4.78 is 0. The average Bonchev–Trinajstić information content (AvgIpc) is 3.02. The zero-order chi connectivity index (χ0) is 13.1. The van der Waals surface area contributed by atoms with Crippen molar-refractivity contribution in [3.63, 3.8) is 0 Å². The summed E-state index contributed by atoms with van der Waals surface area (Å²) in [6, 6.07) is 18.3. The van der Waals surface area contributed by atoms with Gasteiger partial charge in [-0.05, 0) is 24.0 Å². The minimum atomic E-state index is 0.266. The number of carbonyl (C=O) groups is 1. The molecular weight excluding hydrogens is 232 g/mol. The lowest BCUT2D eigenvalue weighted by Gasteiger charge is -2.08. The number of Topliss-reactive ketones (excluding diaryl/α,β-unsaturated/α-hetero) is 1. The van der Waals surface area contributed by atoms with E-state index in [2.05, 4.69) is 24.3 Å². The molecule has 1 saturated carbocycles. The number of carbonyl (C=O) groups excluding carboxylic acids is 1. The van der Waals surface area contributed by atoms with Crippen molar-refractivity contribution in [2.24, 2.45) is 5.92 Å². The Balaban J connectivity index is 1.81. The highest BCUT2D eigenvalue weighted by atomic mass is 16.1. The van der Waals surface area contributed by atoms with Crippen molar-refractivity contribution in [2.45, 2.75) is 25.7 Å². The van der Waals surface area contributed by atoms with Crippen LogP contribution in [0.5, 0.6) is 0 Å². The van der Waals surface area contributed by atoms with E-state index in [1.54, 1.807) is 0 Å². The molecule has 96 valence electrons. The Morgan fingerprint density at radius 2 is 1.37 bits per heavy atom. The minimum Gasteiger partial charge on any atom is -0.294 e. The topological polar surface area (TPSA) is 17.1 Å². The van der Waals surface area contributed by atoms with E-state index in [1.165, 1.54) is 24.0 Å². The van der Waals surface area contributed by atoms with Gasteiger partial charge in [-0.2, -0.15) is 0 Å². The van der Waals surface area contributed by atoms with Gasteiger partial charge in [0.2, 0.25) is 0 Å². The lowest BCUT2D eigenvalue weighted by atomic mass is 9.95. The molecule has 0 aliphatic heterocycles. The molecule has 2 aromatic carbocycles. The normalized spacial score (nSPS) is 15.6. The van der Waals surface area contributed by atoms with Crippen LogP contribution in [0.3, 0.4) is 0 Å². The van der Waals surface area contributed by atoms with Crippen molar-refractivity contribution in [1.29, 1.82) is 0 Å². The van der Waals surface area contributed by atoms with Crippen molar-refractivity contribution >= 4 is 5.78 Å². The first-order chi connectivity index (χ1) is 9.34. The van der Waals surface area contributed by atoms with Crippen LogP contribution in [0.4, 0.5) is 0 Å². The molecule has 1 heteroatoms. The Labute approximate surface area is 114 Å². The van der Waals surface area contributed by atoms with Gasteiger partial charge in [-0.25, -0.2) is 0 Å². The molecule has 0 amide bonds. The third-order valence-electron chi connectivity index (χ3n) is 4.00. The Morgan fingerprint density at radius 1 is 0.789 bits per heavy atom. The largest absolute Gasteiger partial charge is 0.294 e. The van der Waals surface area contributed by atoms with Crippen molar-refractivity contribution in [2.75, 3.05) is 0 Å². The molecule has 0 spiro atoms. The second kappa shape index (κ2) is 5.40. The fourth-order valence-electron chi connectivity index (χ4n) is 2.88. The van der Waals surface area contributed by atoms with Crippen molar-refractivity contribution in [3.05, 3.63) is 60.2 Å². The van der Waals surface area contributed by atoms with Crippen molar-refractivity contribution in [1.82, 2.24) is 0 Å². The van der Waals surface area contributed by atoms with Gasteiger partial charge in [0.1, 0.15) is 0 Å². The van der Waals surface area contributed by atoms with Gasteiger partial charge in [-0.15, -0.1) is 0 Å². The van der Waals surface area contributed by atoms with Crippen LogP contribution in [0.15, 0.2) is 54.6 Å². The predicted molar refractivity (Wildman–Crippen MR) is 78.2 cm³/mol. The highest BCUT2D eigenvalue weighted by Crippen LogP contribution is 2.28. The Bertz CT molecular complexity index is 548. The lowest BCUT2D eigenvalue weighted by Crippen LogP contribution is -2.10. The van der Waals surface area contributed by atoms with Gasteiger partial charge >= 0.3 is 0 Å². The van der Waals surface area contributed by atoms with E-state index in [-0.39, 0.29) is 5.92 Å². The standard InChI is InChI=1S/C18H18O/c19-18(16-8-4-5-9-16)17-12-10-15(11-13-17)14-6-2-1-3-7-14/h1-3,6-7,10-13,16H,4-5,8-9H2. The van der Waals surface area contributed by atoms with Crippen molar-refractivity contribution < 1.29 is 4.79 Å². The minimum absolute atomic E-state index is 0.266. The number of benzene rings is 2. The second-order valence-corrected chi connectivity index (χ2v) is 5.29. The zero-order valence-corrected chi connectivity index (χ0v) is 11.0. The summed E-state index contributed by atoms with van der Waals surface area (Å²) >= 11 is 0. The van der Waals surface area contributed by atoms with E-state index in [0.29, 0.717) is 5.78 Å². The highest BCUT2D eigenvalue weighted by molar-refractivity contribution is 5.98. The van der Waals surface area contributed by atoms with Crippen LogP contribution in [0.2, 0.25) is 0 Å². The summed E-state index contributed by atoms with van der Waals surface area (Å²) in [5, 5.41) is 0. The van der Waals surface area contributed by atoms with Crippen LogP contribution in [0, 0.1) is 5.92 Å². The van der Waals surface area contributed by atoms with Crippen LogP contribution >= 0.6 is 0 Å². The molecule has 1 fully saturated rings. The van der Waals surface area contributed by atoms with Gasteiger partial charge in [-0.1, -0.05) is 67.4 Å². The number of ketones is 1. The summed E-state index contributed by atoms with van der Waals surface area (Å²) in [6.45, 7) is 0. The maximum absolute atomic E-state index is 12.3. The van der Waals surface area contributed by atoms with E-state index >= 15 is 0 Å². The zero-order valence-electron chi connectivity index (χ0n) is 11.0. The molecule has 3 rings (SSSR count). The van der Waals surface area contributed by atoms with E-state index < -0.39 is 0 Å². The fraction of sp³-hybridized carbons (Fsp3) is 0.278. The molecule has 0 radical (unpaired) electrons. The third kappa shape index (κ3) is 2.60. The van der Waals surface area contributed by atoms with E-state index in [9.17, 15) is 4.79 Å². The van der Waals surface area contributed by atoms with Crippen molar-refractivity contribution in [3.8, 4) is 11.1 Å². The number of rotatable bonds is 3. The SMILES string of the molecule is O=C(c1ccc(-c2ccccc2)cc1)C1CCCC1. The van der Waals surface area contributed by atoms with E-state index in [4.69, 9.17) is 0 Å². The molecular formula is C18H18O. The molecule has 1 aliphatic rings. The van der Waals surface area contributed by atoms with Gasteiger partial charge in [0.25, 0.3) is 0 Å². The molecule has 2 aromatic rings.